The molecule has 3 aromatic rings. The third-order valence-corrected chi connectivity index (χ3v) is 5.09. The summed E-state index contributed by atoms with van der Waals surface area (Å²) in [7, 11) is 0. The number of anilines is 1. The lowest BCUT2D eigenvalue weighted by atomic mass is 10.0. The summed E-state index contributed by atoms with van der Waals surface area (Å²) in [5, 5.41) is 0. The molecule has 1 aliphatic rings. The highest BCUT2D eigenvalue weighted by atomic mass is 16.6. The number of ether oxygens (including phenoxy) is 2. The van der Waals surface area contributed by atoms with Gasteiger partial charge in [0.05, 0.1) is 0 Å². The minimum absolute atomic E-state index is 0.222. The lowest BCUT2D eigenvalue weighted by Gasteiger charge is -2.29. The van der Waals surface area contributed by atoms with Crippen molar-refractivity contribution >= 4 is 17.6 Å². The van der Waals surface area contributed by atoms with Crippen LogP contribution in [0.1, 0.15) is 12.0 Å². The van der Waals surface area contributed by atoms with E-state index in [1.54, 1.807) is 4.90 Å². The van der Waals surface area contributed by atoms with Crippen LogP contribution < -0.4 is 9.64 Å². The van der Waals surface area contributed by atoms with Gasteiger partial charge in [-0.1, -0.05) is 66.7 Å². The van der Waals surface area contributed by atoms with Gasteiger partial charge in [-0.2, -0.15) is 0 Å². The van der Waals surface area contributed by atoms with Crippen molar-refractivity contribution < 1.29 is 19.1 Å². The number of esters is 1. The predicted octanol–water partition coefficient (Wildman–Crippen LogP) is 4.26. The van der Waals surface area contributed by atoms with Crippen LogP contribution in [0, 0.1) is 0 Å². The first kappa shape index (κ1) is 19.7. The van der Waals surface area contributed by atoms with Gasteiger partial charge in [-0.15, -0.1) is 0 Å². The highest BCUT2D eigenvalue weighted by Gasteiger charge is 2.23. The van der Waals surface area contributed by atoms with Crippen LogP contribution in [0.5, 0.6) is 5.75 Å². The quantitative estimate of drug-likeness (QED) is 0.580. The normalized spacial score (nSPS) is 12.7. The fraction of sp³-hybridized carbons (Fsp3) is 0.200. The number of amides is 1. The van der Waals surface area contributed by atoms with Gasteiger partial charge in [0.25, 0.3) is 5.91 Å². The Kier molecular flexibility index (Phi) is 6.09. The smallest absolute Gasteiger partial charge is 0.344 e. The van der Waals surface area contributed by atoms with Crippen molar-refractivity contribution in [2.24, 2.45) is 0 Å². The van der Waals surface area contributed by atoms with E-state index in [0.717, 1.165) is 35.2 Å². The molecule has 0 atom stereocenters. The summed E-state index contributed by atoms with van der Waals surface area (Å²) in [6, 6.07) is 25.2. The number of hydrogen-bond acceptors (Lipinski definition) is 4. The number of carbonyl (C=O) groups excluding carboxylic acids is 2. The van der Waals surface area contributed by atoms with E-state index >= 15 is 0 Å². The molecule has 1 amide bonds. The Morgan fingerprint density at radius 1 is 0.833 bits per heavy atom. The van der Waals surface area contributed by atoms with Gasteiger partial charge in [-0.25, -0.2) is 4.79 Å². The molecule has 0 N–H and O–H groups in total. The zero-order chi connectivity index (χ0) is 20.8. The summed E-state index contributed by atoms with van der Waals surface area (Å²) in [5.74, 6) is -0.200. The van der Waals surface area contributed by atoms with Crippen molar-refractivity contribution in [1.82, 2.24) is 0 Å². The molecule has 1 heterocycles. The monoisotopic (exact) mass is 401 g/mol. The molecule has 0 bridgehead atoms. The standard InChI is InChI=1S/C25H23NO4/c27-24(26-16-8-12-20-11-4-6-14-22(20)26)17-30-25(28)18-29-23-15-7-5-13-21(23)19-9-2-1-3-10-19/h1-7,9-11,13-15H,8,12,16-18H2. The first-order valence-electron chi connectivity index (χ1n) is 10.0. The Labute approximate surface area is 175 Å². The molecule has 0 aromatic heterocycles. The SMILES string of the molecule is O=C(COc1ccccc1-c1ccccc1)OCC(=O)N1CCCc2ccccc21. The minimum Gasteiger partial charge on any atom is -0.481 e. The summed E-state index contributed by atoms with van der Waals surface area (Å²) < 4.78 is 10.9. The summed E-state index contributed by atoms with van der Waals surface area (Å²) in [6.45, 7) is 0.0823. The van der Waals surface area contributed by atoms with Crippen LogP contribution in [0.2, 0.25) is 0 Å². The number of fused-ring (bicyclic) bond motifs is 1. The molecule has 5 nitrogen and oxygen atoms in total. The molecular weight excluding hydrogens is 378 g/mol. The first-order chi connectivity index (χ1) is 14.7. The zero-order valence-electron chi connectivity index (χ0n) is 16.6. The van der Waals surface area contributed by atoms with E-state index in [9.17, 15) is 9.59 Å². The number of para-hydroxylation sites is 2. The van der Waals surface area contributed by atoms with Gasteiger partial charge in [0.2, 0.25) is 0 Å². The summed E-state index contributed by atoms with van der Waals surface area (Å²) in [4.78, 5) is 26.5. The van der Waals surface area contributed by atoms with Crippen LogP contribution in [-0.4, -0.2) is 31.6 Å². The molecule has 0 fully saturated rings. The fourth-order valence-electron chi connectivity index (χ4n) is 3.64. The summed E-state index contributed by atoms with van der Waals surface area (Å²) >= 11 is 0. The van der Waals surface area contributed by atoms with E-state index in [-0.39, 0.29) is 19.1 Å². The number of nitrogens with zero attached hydrogens (tertiary/aromatic N) is 1. The van der Waals surface area contributed by atoms with Gasteiger partial charge in [0.1, 0.15) is 5.75 Å². The maximum Gasteiger partial charge on any atom is 0.344 e. The molecule has 0 aliphatic carbocycles. The van der Waals surface area contributed by atoms with Crippen molar-refractivity contribution in [3.8, 4) is 16.9 Å². The Morgan fingerprint density at radius 2 is 1.57 bits per heavy atom. The number of aryl methyl sites for hydroxylation is 1. The van der Waals surface area contributed by atoms with E-state index in [0.29, 0.717) is 12.3 Å². The fourth-order valence-corrected chi connectivity index (χ4v) is 3.64. The highest BCUT2D eigenvalue weighted by molar-refractivity contribution is 5.96. The van der Waals surface area contributed by atoms with Crippen molar-refractivity contribution in [2.45, 2.75) is 12.8 Å². The minimum atomic E-state index is -0.573. The van der Waals surface area contributed by atoms with Gasteiger partial charge in [-0.3, -0.25) is 4.79 Å². The molecule has 0 spiro atoms. The van der Waals surface area contributed by atoms with Gasteiger partial charge in [0, 0.05) is 17.8 Å². The molecule has 5 heteroatoms. The van der Waals surface area contributed by atoms with Crippen LogP contribution in [0.15, 0.2) is 78.9 Å². The topological polar surface area (TPSA) is 55.8 Å². The second-order valence-electron chi connectivity index (χ2n) is 7.09. The third-order valence-electron chi connectivity index (χ3n) is 5.09. The largest absolute Gasteiger partial charge is 0.481 e. The second-order valence-corrected chi connectivity index (χ2v) is 7.09. The predicted molar refractivity (Wildman–Crippen MR) is 115 cm³/mol. The molecule has 3 aromatic carbocycles. The highest BCUT2D eigenvalue weighted by Crippen LogP contribution is 2.29. The Bertz CT molecular complexity index is 1030. The van der Waals surface area contributed by atoms with E-state index < -0.39 is 5.97 Å². The lowest BCUT2D eigenvalue weighted by molar-refractivity contribution is -0.149. The van der Waals surface area contributed by atoms with Gasteiger partial charge >= 0.3 is 5.97 Å². The van der Waals surface area contributed by atoms with Crippen LogP contribution >= 0.6 is 0 Å². The van der Waals surface area contributed by atoms with Crippen LogP contribution in [0.4, 0.5) is 5.69 Å². The van der Waals surface area contributed by atoms with Crippen molar-refractivity contribution in [3.63, 3.8) is 0 Å². The van der Waals surface area contributed by atoms with Crippen molar-refractivity contribution in [2.75, 3.05) is 24.7 Å². The van der Waals surface area contributed by atoms with Crippen molar-refractivity contribution in [3.05, 3.63) is 84.4 Å². The first-order valence-corrected chi connectivity index (χ1v) is 10.0. The lowest BCUT2D eigenvalue weighted by Crippen LogP contribution is -2.38. The van der Waals surface area contributed by atoms with Gasteiger partial charge < -0.3 is 14.4 Å². The van der Waals surface area contributed by atoms with E-state index in [2.05, 4.69) is 0 Å². The van der Waals surface area contributed by atoms with Crippen LogP contribution in [0.25, 0.3) is 11.1 Å². The van der Waals surface area contributed by atoms with Gasteiger partial charge in [-0.05, 0) is 36.1 Å². The molecule has 0 unspecified atom stereocenters. The number of rotatable bonds is 6. The average Bonchev–Trinajstić information content (AvgIpc) is 2.81. The zero-order valence-corrected chi connectivity index (χ0v) is 16.6. The number of benzene rings is 3. The van der Waals surface area contributed by atoms with Crippen molar-refractivity contribution in [1.29, 1.82) is 0 Å². The average molecular weight is 401 g/mol. The number of carbonyl (C=O) groups is 2. The molecule has 30 heavy (non-hydrogen) atoms. The Morgan fingerprint density at radius 3 is 2.43 bits per heavy atom. The number of hydrogen-bond donors (Lipinski definition) is 0. The van der Waals surface area contributed by atoms with E-state index in [1.165, 1.54) is 0 Å². The maximum absolute atomic E-state index is 12.6. The molecular formula is C25H23NO4. The third kappa shape index (κ3) is 4.51. The van der Waals surface area contributed by atoms with Crippen LogP contribution in [0.3, 0.4) is 0 Å². The van der Waals surface area contributed by atoms with E-state index in [4.69, 9.17) is 9.47 Å². The molecule has 0 radical (unpaired) electrons. The molecule has 0 saturated carbocycles. The van der Waals surface area contributed by atoms with Crippen LogP contribution in [-0.2, 0) is 20.7 Å². The Balaban J connectivity index is 1.33. The Hall–Kier alpha value is -3.60. The summed E-state index contributed by atoms with van der Waals surface area (Å²) in [6.07, 6.45) is 1.85. The second kappa shape index (κ2) is 9.27. The summed E-state index contributed by atoms with van der Waals surface area (Å²) in [5.41, 5.74) is 3.94. The van der Waals surface area contributed by atoms with E-state index in [1.807, 2.05) is 78.9 Å². The molecule has 152 valence electrons. The molecule has 4 rings (SSSR count). The molecule has 1 aliphatic heterocycles. The maximum atomic E-state index is 12.6. The molecule has 0 saturated heterocycles. The van der Waals surface area contributed by atoms with Gasteiger partial charge in [0.15, 0.2) is 13.2 Å².